The average Bonchev–Trinajstić information content (AvgIpc) is 2.16. The summed E-state index contributed by atoms with van der Waals surface area (Å²) in [6, 6.07) is 0. The molecule has 0 aromatic heterocycles. The van der Waals surface area contributed by atoms with Gasteiger partial charge in [-0.1, -0.05) is 0 Å². The Morgan fingerprint density at radius 3 is 2.00 bits per heavy atom. The molecule has 0 rings (SSSR count). The molecule has 0 fully saturated rings. The third kappa shape index (κ3) is 4.01. The number of hydrogen-bond donors (Lipinski definition) is 0. The molecular weight excluding hydrogens is 211 g/mol. The fraction of sp³-hybridized carbons (Fsp3) is 0.667. The first kappa shape index (κ1) is 14.1. The molecule has 0 radical (unpaired) electrons. The minimum atomic E-state index is -4.43. The molecule has 0 atom stereocenters. The standard InChI is InChI=1S/C9H14F3NO2/c1-5-13-7(8(14-3)15-4)6(2)9(10,11)12/h5,8H,1-4H3/b7-6+,13-5-. The summed E-state index contributed by atoms with van der Waals surface area (Å²) in [4.78, 5) is 3.62. The molecule has 0 saturated carbocycles. The van der Waals surface area contributed by atoms with E-state index in [0.717, 1.165) is 6.92 Å². The number of rotatable bonds is 4. The van der Waals surface area contributed by atoms with Gasteiger partial charge in [-0.2, -0.15) is 13.2 Å². The molecule has 0 N–H and O–H groups in total. The van der Waals surface area contributed by atoms with Crippen molar-refractivity contribution in [2.24, 2.45) is 4.99 Å². The van der Waals surface area contributed by atoms with Crippen LogP contribution in [0.4, 0.5) is 13.2 Å². The van der Waals surface area contributed by atoms with Crippen molar-refractivity contribution in [3.8, 4) is 0 Å². The van der Waals surface area contributed by atoms with Gasteiger partial charge in [0.05, 0.1) is 5.57 Å². The zero-order chi connectivity index (χ0) is 12.1. The van der Waals surface area contributed by atoms with Crippen molar-refractivity contribution in [1.82, 2.24) is 0 Å². The topological polar surface area (TPSA) is 30.8 Å². The van der Waals surface area contributed by atoms with Gasteiger partial charge in [0.25, 0.3) is 0 Å². The molecule has 15 heavy (non-hydrogen) atoms. The maximum absolute atomic E-state index is 12.4. The molecule has 0 unspecified atom stereocenters. The molecule has 0 aromatic rings. The highest BCUT2D eigenvalue weighted by molar-refractivity contribution is 5.55. The largest absolute Gasteiger partial charge is 0.414 e. The van der Waals surface area contributed by atoms with Gasteiger partial charge in [0, 0.05) is 20.4 Å². The van der Waals surface area contributed by atoms with Gasteiger partial charge in [-0.3, -0.25) is 4.99 Å². The minimum absolute atomic E-state index is 0.269. The van der Waals surface area contributed by atoms with Crippen LogP contribution in [0.3, 0.4) is 0 Å². The van der Waals surface area contributed by atoms with Gasteiger partial charge in [-0.15, -0.1) is 0 Å². The predicted molar refractivity (Wildman–Crippen MR) is 50.7 cm³/mol. The Hall–Kier alpha value is -0.880. The van der Waals surface area contributed by atoms with Crippen LogP contribution < -0.4 is 0 Å². The summed E-state index contributed by atoms with van der Waals surface area (Å²) in [6.07, 6.45) is -4.28. The zero-order valence-electron chi connectivity index (χ0n) is 9.05. The molecular formula is C9H14F3NO2. The monoisotopic (exact) mass is 225 g/mol. The number of alkyl halides is 3. The normalized spacial score (nSPS) is 14.9. The van der Waals surface area contributed by atoms with Gasteiger partial charge in [0.15, 0.2) is 0 Å². The fourth-order valence-electron chi connectivity index (χ4n) is 0.938. The highest BCUT2D eigenvalue weighted by Crippen LogP contribution is 2.30. The number of halogens is 3. The first-order valence-electron chi connectivity index (χ1n) is 4.20. The van der Waals surface area contributed by atoms with E-state index in [4.69, 9.17) is 9.47 Å². The molecule has 0 aliphatic heterocycles. The number of allylic oxidation sites excluding steroid dienone is 1. The summed E-state index contributed by atoms with van der Waals surface area (Å²) in [7, 11) is 2.51. The first-order chi connectivity index (χ1) is 6.88. The molecule has 0 saturated heterocycles. The molecule has 0 bridgehead atoms. The molecule has 0 spiro atoms. The Labute approximate surface area is 86.6 Å². The molecule has 0 aliphatic rings. The van der Waals surface area contributed by atoms with Crippen LogP contribution in [0.25, 0.3) is 0 Å². The van der Waals surface area contributed by atoms with Gasteiger partial charge in [-0.05, 0) is 13.8 Å². The Bertz CT molecular complexity index is 255. The molecule has 0 aromatic carbocycles. The van der Waals surface area contributed by atoms with Crippen molar-refractivity contribution < 1.29 is 22.6 Å². The lowest BCUT2D eigenvalue weighted by molar-refractivity contribution is -0.104. The van der Waals surface area contributed by atoms with Crippen LogP contribution in [0, 0.1) is 0 Å². The van der Waals surface area contributed by atoms with Crippen LogP contribution in [-0.4, -0.2) is 32.9 Å². The second-order valence-electron chi connectivity index (χ2n) is 2.70. The van der Waals surface area contributed by atoms with Crippen LogP contribution in [0.5, 0.6) is 0 Å². The lowest BCUT2D eigenvalue weighted by atomic mass is 10.2. The number of methoxy groups -OCH3 is 2. The molecule has 88 valence electrons. The lowest BCUT2D eigenvalue weighted by Gasteiger charge is -2.18. The number of ether oxygens (including phenoxy) is 2. The first-order valence-corrected chi connectivity index (χ1v) is 4.20. The van der Waals surface area contributed by atoms with E-state index in [1.54, 1.807) is 0 Å². The average molecular weight is 225 g/mol. The zero-order valence-corrected chi connectivity index (χ0v) is 9.05. The molecule has 6 heteroatoms. The SMILES string of the molecule is C/C=N\C(=C(/C)C(F)(F)F)C(OC)OC. The second-order valence-corrected chi connectivity index (χ2v) is 2.70. The van der Waals surface area contributed by atoms with Gasteiger partial charge in [-0.25, -0.2) is 0 Å². The van der Waals surface area contributed by atoms with Crippen LogP contribution >= 0.6 is 0 Å². The van der Waals surface area contributed by atoms with E-state index in [1.165, 1.54) is 27.4 Å². The summed E-state index contributed by atoms with van der Waals surface area (Å²) in [5.41, 5.74) is -1.09. The van der Waals surface area contributed by atoms with Crippen LogP contribution in [0.1, 0.15) is 13.8 Å². The van der Waals surface area contributed by atoms with Crippen LogP contribution in [0.15, 0.2) is 16.3 Å². The smallest absolute Gasteiger partial charge is 0.350 e. The highest BCUT2D eigenvalue weighted by Gasteiger charge is 2.35. The summed E-state index contributed by atoms with van der Waals surface area (Å²) >= 11 is 0. The van der Waals surface area contributed by atoms with Crippen LogP contribution in [-0.2, 0) is 9.47 Å². The number of hydrogen-bond acceptors (Lipinski definition) is 3. The molecule has 3 nitrogen and oxygen atoms in total. The molecule has 0 aliphatic carbocycles. The van der Waals surface area contributed by atoms with Crippen molar-refractivity contribution in [3.05, 3.63) is 11.3 Å². The van der Waals surface area contributed by atoms with Crippen molar-refractivity contribution in [3.63, 3.8) is 0 Å². The van der Waals surface area contributed by atoms with E-state index in [-0.39, 0.29) is 5.70 Å². The van der Waals surface area contributed by atoms with Gasteiger partial charge in [0.1, 0.15) is 5.70 Å². The summed E-state index contributed by atoms with van der Waals surface area (Å²) in [5, 5.41) is 0. The van der Waals surface area contributed by atoms with E-state index >= 15 is 0 Å². The third-order valence-corrected chi connectivity index (χ3v) is 1.73. The Balaban J connectivity index is 5.27. The van der Waals surface area contributed by atoms with Crippen molar-refractivity contribution >= 4 is 6.21 Å². The van der Waals surface area contributed by atoms with Crippen molar-refractivity contribution in [2.75, 3.05) is 14.2 Å². The minimum Gasteiger partial charge on any atom is -0.350 e. The Morgan fingerprint density at radius 1 is 1.27 bits per heavy atom. The van der Waals surface area contributed by atoms with Gasteiger partial charge >= 0.3 is 6.18 Å². The summed E-state index contributed by atoms with van der Waals surface area (Å²) < 4.78 is 46.7. The molecule has 0 heterocycles. The van der Waals surface area contributed by atoms with Crippen LogP contribution in [0.2, 0.25) is 0 Å². The highest BCUT2D eigenvalue weighted by atomic mass is 19.4. The quantitative estimate of drug-likeness (QED) is 0.543. The van der Waals surface area contributed by atoms with E-state index < -0.39 is 18.0 Å². The van der Waals surface area contributed by atoms with Gasteiger partial charge in [0.2, 0.25) is 6.29 Å². The maximum Gasteiger partial charge on any atom is 0.414 e. The number of aliphatic imine (C=N–C) groups is 1. The molecule has 0 amide bonds. The number of nitrogens with zero attached hydrogens (tertiary/aromatic N) is 1. The Morgan fingerprint density at radius 2 is 1.73 bits per heavy atom. The Kier molecular flexibility index (Phi) is 5.53. The van der Waals surface area contributed by atoms with E-state index in [1.807, 2.05) is 0 Å². The van der Waals surface area contributed by atoms with Crippen molar-refractivity contribution in [2.45, 2.75) is 26.3 Å². The second kappa shape index (κ2) is 5.87. The predicted octanol–water partition coefficient (Wildman–Crippen LogP) is 2.53. The maximum atomic E-state index is 12.4. The third-order valence-electron chi connectivity index (χ3n) is 1.73. The lowest BCUT2D eigenvalue weighted by Crippen LogP contribution is -2.21. The summed E-state index contributed by atoms with van der Waals surface area (Å²) in [5.74, 6) is 0. The fourth-order valence-corrected chi connectivity index (χ4v) is 0.938. The van der Waals surface area contributed by atoms with E-state index in [9.17, 15) is 13.2 Å². The van der Waals surface area contributed by atoms with E-state index in [0.29, 0.717) is 0 Å². The van der Waals surface area contributed by atoms with E-state index in [2.05, 4.69) is 4.99 Å². The van der Waals surface area contributed by atoms with Gasteiger partial charge < -0.3 is 9.47 Å². The summed E-state index contributed by atoms with van der Waals surface area (Å²) in [6.45, 7) is 2.46. The van der Waals surface area contributed by atoms with Crippen molar-refractivity contribution in [1.29, 1.82) is 0 Å².